The summed E-state index contributed by atoms with van der Waals surface area (Å²) in [5.74, 6) is 0. The van der Waals surface area contributed by atoms with Crippen molar-refractivity contribution in [3.8, 4) is 0 Å². The van der Waals surface area contributed by atoms with E-state index >= 15 is 0 Å². The lowest BCUT2D eigenvalue weighted by Gasteiger charge is -2.01. The van der Waals surface area contributed by atoms with Crippen LogP contribution in [0, 0.1) is 0 Å². The molecule has 2 nitrogen and oxygen atoms in total. The summed E-state index contributed by atoms with van der Waals surface area (Å²) in [4.78, 5) is 4.05. The molecule has 2 rings (SSSR count). The molecule has 0 aliphatic carbocycles. The highest BCUT2D eigenvalue weighted by Gasteiger charge is 1.92. The Balaban J connectivity index is 0.000000845. The number of anilines is 1. The molecule has 0 amide bonds. The minimum absolute atomic E-state index is 0. The van der Waals surface area contributed by atoms with E-state index < -0.39 is 0 Å². The number of fused-ring (bicyclic) bond motifs is 1. The predicted octanol–water partition coefficient (Wildman–Crippen LogP) is 2.70. The van der Waals surface area contributed by atoms with Crippen LogP contribution < -0.4 is 5.32 Å². The molecular weight excluding hydrogens is 184 g/mol. The van der Waals surface area contributed by atoms with Gasteiger partial charge in [0.15, 0.2) is 0 Å². The first-order valence-electron chi connectivity index (χ1n) is 3.92. The summed E-state index contributed by atoms with van der Waals surface area (Å²) in [6.07, 6.45) is 3.68. The van der Waals surface area contributed by atoms with Crippen LogP contribution in [-0.2, 0) is 0 Å². The second-order valence-electron chi connectivity index (χ2n) is 2.69. The first kappa shape index (κ1) is 9.81. The van der Waals surface area contributed by atoms with Crippen LogP contribution >= 0.6 is 12.4 Å². The van der Waals surface area contributed by atoms with Crippen LogP contribution in [0.2, 0.25) is 0 Å². The maximum atomic E-state index is 4.05. The average molecular weight is 195 g/mol. The van der Waals surface area contributed by atoms with Crippen LogP contribution in [-0.4, -0.2) is 12.0 Å². The highest BCUT2D eigenvalue weighted by Crippen LogP contribution is 2.16. The first-order chi connectivity index (χ1) is 5.90. The summed E-state index contributed by atoms with van der Waals surface area (Å²) < 4.78 is 0. The summed E-state index contributed by atoms with van der Waals surface area (Å²) in [7, 11) is 1.92. The fraction of sp³-hybridized carbons (Fsp3) is 0.100. The summed E-state index contributed by atoms with van der Waals surface area (Å²) in [5, 5.41) is 5.50. The van der Waals surface area contributed by atoms with Gasteiger partial charge >= 0.3 is 0 Å². The van der Waals surface area contributed by atoms with Crippen LogP contribution in [0.1, 0.15) is 0 Å². The van der Waals surface area contributed by atoms with Gasteiger partial charge < -0.3 is 5.32 Å². The molecule has 13 heavy (non-hydrogen) atoms. The number of hydrogen-bond donors (Lipinski definition) is 1. The maximum absolute atomic E-state index is 4.05. The van der Waals surface area contributed by atoms with Crippen molar-refractivity contribution in [3.05, 3.63) is 36.7 Å². The lowest BCUT2D eigenvalue weighted by Crippen LogP contribution is -1.86. The van der Waals surface area contributed by atoms with Crippen molar-refractivity contribution in [3.63, 3.8) is 0 Å². The van der Waals surface area contributed by atoms with Crippen molar-refractivity contribution >= 4 is 28.9 Å². The minimum atomic E-state index is 0. The molecule has 0 spiro atoms. The number of halogens is 1. The van der Waals surface area contributed by atoms with E-state index in [-0.39, 0.29) is 12.4 Å². The van der Waals surface area contributed by atoms with Gasteiger partial charge in [0.25, 0.3) is 0 Å². The molecule has 1 aromatic heterocycles. The third-order valence-corrected chi connectivity index (χ3v) is 1.93. The Morgan fingerprint density at radius 3 is 2.77 bits per heavy atom. The van der Waals surface area contributed by atoms with E-state index in [0.717, 1.165) is 5.69 Å². The van der Waals surface area contributed by atoms with E-state index in [4.69, 9.17) is 0 Å². The van der Waals surface area contributed by atoms with E-state index in [9.17, 15) is 0 Å². The van der Waals surface area contributed by atoms with Gasteiger partial charge in [-0.25, -0.2) is 0 Å². The monoisotopic (exact) mass is 194 g/mol. The Kier molecular flexibility index (Phi) is 3.09. The van der Waals surface area contributed by atoms with Gasteiger partial charge in [-0.3, -0.25) is 4.98 Å². The smallest absolute Gasteiger partial charge is 0.0346 e. The van der Waals surface area contributed by atoms with E-state index in [1.807, 2.05) is 31.6 Å². The van der Waals surface area contributed by atoms with Crippen molar-refractivity contribution in [1.82, 2.24) is 4.98 Å². The Hall–Kier alpha value is -1.28. The first-order valence-corrected chi connectivity index (χ1v) is 3.92. The number of hydrogen-bond acceptors (Lipinski definition) is 2. The van der Waals surface area contributed by atoms with Gasteiger partial charge in [-0.1, -0.05) is 6.07 Å². The fourth-order valence-electron chi connectivity index (χ4n) is 1.24. The molecule has 68 valence electrons. The molecule has 0 radical (unpaired) electrons. The number of nitrogens with zero attached hydrogens (tertiary/aromatic N) is 1. The third-order valence-electron chi connectivity index (χ3n) is 1.93. The Morgan fingerprint density at radius 1 is 1.15 bits per heavy atom. The van der Waals surface area contributed by atoms with Gasteiger partial charge in [0.1, 0.15) is 0 Å². The number of rotatable bonds is 1. The molecule has 0 saturated carbocycles. The van der Waals surface area contributed by atoms with Crippen LogP contribution in [0.5, 0.6) is 0 Å². The lowest BCUT2D eigenvalue weighted by atomic mass is 10.1. The third kappa shape index (κ3) is 1.90. The molecule has 0 fully saturated rings. The number of pyridine rings is 1. The largest absolute Gasteiger partial charge is 0.388 e. The summed E-state index contributed by atoms with van der Waals surface area (Å²) in [5.41, 5.74) is 1.13. The molecule has 0 saturated heterocycles. The highest BCUT2D eigenvalue weighted by atomic mass is 35.5. The highest BCUT2D eigenvalue weighted by molar-refractivity contribution is 5.85. The van der Waals surface area contributed by atoms with Gasteiger partial charge in [0.05, 0.1) is 0 Å². The molecular formula is C10H11ClN2. The average Bonchev–Trinajstić information content (AvgIpc) is 2.17. The van der Waals surface area contributed by atoms with Crippen molar-refractivity contribution in [2.24, 2.45) is 0 Å². The standard InChI is InChI=1S/C10H10N2.ClH/c1-11-10-3-2-9-7-12-5-4-8(9)6-10;/h2-7,11H,1H3;1H. The molecule has 0 bridgehead atoms. The molecule has 2 aromatic rings. The van der Waals surface area contributed by atoms with Crippen molar-refractivity contribution in [2.45, 2.75) is 0 Å². The maximum Gasteiger partial charge on any atom is 0.0346 e. The van der Waals surface area contributed by atoms with E-state index in [2.05, 4.69) is 22.4 Å². The molecule has 0 unspecified atom stereocenters. The molecule has 0 aliphatic rings. The molecule has 3 heteroatoms. The SMILES string of the molecule is CNc1ccc2cnccc2c1.Cl. The van der Waals surface area contributed by atoms with E-state index in [1.165, 1.54) is 10.8 Å². The molecule has 1 heterocycles. The number of benzene rings is 1. The normalized spacial score (nSPS) is 9.31. The van der Waals surface area contributed by atoms with Crippen LogP contribution in [0.15, 0.2) is 36.7 Å². The van der Waals surface area contributed by atoms with Crippen molar-refractivity contribution < 1.29 is 0 Å². The molecule has 0 aliphatic heterocycles. The van der Waals surface area contributed by atoms with Crippen LogP contribution in [0.4, 0.5) is 5.69 Å². The zero-order valence-corrected chi connectivity index (χ0v) is 8.14. The topological polar surface area (TPSA) is 24.9 Å². The van der Waals surface area contributed by atoms with Crippen LogP contribution in [0.3, 0.4) is 0 Å². The summed E-state index contributed by atoms with van der Waals surface area (Å²) >= 11 is 0. The summed E-state index contributed by atoms with van der Waals surface area (Å²) in [6.45, 7) is 0. The Labute approximate surface area is 83.4 Å². The number of aromatic nitrogens is 1. The van der Waals surface area contributed by atoms with Gasteiger partial charge in [0, 0.05) is 30.5 Å². The molecule has 1 aromatic carbocycles. The lowest BCUT2D eigenvalue weighted by molar-refractivity contribution is 1.36. The molecule has 1 N–H and O–H groups in total. The van der Waals surface area contributed by atoms with Gasteiger partial charge in [-0.2, -0.15) is 0 Å². The zero-order valence-electron chi connectivity index (χ0n) is 7.32. The van der Waals surface area contributed by atoms with Gasteiger partial charge in [-0.05, 0) is 23.6 Å². The van der Waals surface area contributed by atoms with E-state index in [1.54, 1.807) is 0 Å². The minimum Gasteiger partial charge on any atom is -0.388 e. The quantitative estimate of drug-likeness (QED) is 0.755. The predicted molar refractivity (Wildman–Crippen MR) is 58.5 cm³/mol. The van der Waals surface area contributed by atoms with Gasteiger partial charge in [0.2, 0.25) is 0 Å². The summed E-state index contributed by atoms with van der Waals surface area (Å²) in [6, 6.07) is 8.23. The Bertz CT molecular complexity index is 401. The zero-order chi connectivity index (χ0) is 8.39. The second-order valence-corrected chi connectivity index (χ2v) is 2.69. The van der Waals surface area contributed by atoms with Crippen LogP contribution in [0.25, 0.3) is 10.8 Å². The number of nitrogens with one attached hydrogen (secondary N) is 1. The second kappa shape index (κ2) is 4.10. The van der Waals surface area contributed by atoms with Crippen molar-refractivity contribution in [2.75, 3.05) is 12.4 Å². The molecule has 0 atom stereocenters. The fourth-order valence-corrected chi connectivity index (χ4v) is 1.24. The van der Waals surface area contributed by atoms with Gasteiger partial charge in [-0.15, -0.1) is 12.4 Å². The van der Waals surface area contributed by atoms with Crippen molar-refractivity contribution in [1.29, 1.82) is 0 Å². The Morgan fingerprint density at radius 2 is 2.00 bits per heavy atom. The van der Waals surface area contributed by atoms with E-state index in [0.29, 0.717) is 0 Å².